The molecule has 0 fully saturated rings. The lowest BCUT2D eigenvalue weighted by Gasteiger charge is -2.31. The maximum absolute atomic E-state index is 5.89. The maximum atomic E-state index is 5.89. The summed E-state index contributed by atoms with van der Waals surface area (Å²) in [6.45, 7) is 9.14. The van der Waals surface area contributed by atoms with Crippen molar-refractivity contribution < 1.29 is 4.74 Å². The van der Waals surface area contributed by atoms with Gasteiger partial charge in [0.15, 0.2) is 5.96 Å². The average molecular weight is 213 g/mol. The van der Waals surface area contributed by atoms with Crippen LogP contribution in [0.2, 0.25) is 0 Å². The second-order valence-electron chi connectivity index (χ2n) is 4.75. The highest BCUT2D eigenvalue weighted by atomic mass is 16.5. The number of methoxy groups -OCH3 is 1. The van der Waals surface area contributed by atoms with Crippen molar-refractivity contribution in [1.29, 1.82) is 0 Å². The third-order valence-electron chi connectivity index (χ3n) is 2.78. The SMILES string of the molecule is COCC(C)C1CN=C(N)N1CC(C)C. The molecule has 2 unspecified atom stereocenters. The lowest BCUT2D eigenvalue weighted by molar-refractivity contribution is 0.117. The lowest BCUT2D eigenvalue weighted by Crippen LogP contribution is -2.46. The molecule has 4 nitrogen and oxygen atoms in total. The monoisotopic (exact) mass is 213 g/mol. The smallest absolute Gasteiger partial charge is 0.191 e. The minimum Gasteiger partial charge on any atom is -0.384 e. The molecule has 0 radical (unpaired) electrons. The Labute approximate surface area is 92.5 Å². The molecule has 0 bridgehead atoms. The van der Waals surface area contributed by atoms with Crippen molar-refractivity contribution in [3.63, 3.8) is 0 Å². The van der Waals surface area contributed by atoms with Crippen LogP contribution < -0.4 is 5.73 Å². The van der Waals surface area contributed by atoms with Crippen LogP contribution in [0.3, 0.4) is 0 Å². The van der Waals surface area contributed by atoms with Crippen molar-refractivity contribution in [3.05, 3.63) is 0 Å². The standard InChI is InChI=1S/C11H23N3O/c1-8(2)6-14-10(5-13-11(14)12)9(3)7-15-4/h8-10H,5-7H2,1-4H3,(H2,12,13). The van der Waals surface area contributed by atoms with E-state index in [0.717, 1.165) is 19.7 Å². The zero-order chi connectivity index (χ0) is 11.4. The van der Waals surface area contributed by atoms with Gasteiger partial charge in [-0.25, -0.2) is 0 Å². The highest BCUT2D eigenvalue weighted by Crippen LogP contribution is 2.18. The van der Waals surface area contributed by atoms with Crippen LogP contribution >= 0.6 is 0 Å². The summed E-state index contributed by atoms with van der Waals surface area (Å²) in [5.41, 5.74) is 5.89. The number of hydrogen-bond acceptors (Lipinski definition) is 4. The van der Waals surface area contributed by atoms with E-state index in [4.69, 9.17) is 10.5 Å². The van der Waals surface area contributed by atoms with Gasteiger partial charge < -0.3 is 15.4 Å². The van der Waals surface area contributed by atoms with Crippen molar-refractivity contribution in [3.8, 4) is 0 Å². The van der Waals surface area contributed by atoms with Gasteiger partial charge in [-0.05, 0) is 5.92 Å². The van der Waals surface area contributed by atoms with Gasteiger partial charge in [0, 0.05) is 19.6 Å². The Morgan fingerprint density at radius 3 is 2.73 bits per heavy atom. The first-order valence-electron chi connectivity index (χ1n) is 5.61. The van der Waals surface area contributed by atoms with Crippen LogP contribution in [0.25, 0.3) is 0 Å². The Hall–Kier alpha value is -0.770. The largest absolute Gasteiger partial charge is 0.384 e. The quantitative estimate of drug-likeness (QED) is 0.739. The predicted molar refractivity (Wildman–Crippen MR) is 62.9 cm³/mol. The van der Waals surface area contributed by atoms with Crippen molar-refractivity contribution in [2.24, 2.45) is 22.6 Å². The molecule has 1 heterocycles. The highest BCUT2D eigenvalue weighted by Gasteiger charge is 2.30. The zero-order valence-electron chi connectivity index (χ0n) is 10.2. The molecule has 1 rings (SSSR count). The third-order valence-corrected chi connectivity index (χ3v) is 2.78. The van der Waals surface area contributed by atoms with E-state index in [-0.39, 0.29) is 0 Å². The fourth-order valence-corrected chi connectivity index (χ4v) is 2.03. The fraction of sp³-hybridized carbons (Fsp3) is 0.909. The summed E-state index contributed by atoms with van der Waals surface area (Å²) < 4.78 is 5.19. The first kappa shape index (κ1) is 12.3. The predicted octanol–water partition coefficient (Wildman–Crippen LogP) is 0.924. The number of nitrogens with zero attached hydrogens (tertiary/aromatic N) is 2. The molecule has 15 heavy (non-hydrogen) atoms. The van der Waals surface area contributed by atoms with Gasteiger partial charge in [-0.15, -0.1) is 0 Å². The maximum Gasteiger partial charge on any atom is 0.191 e. The van der Waals surface area contributed by atoms with Gasteiger partial charge in [0.1, 0.15) is 0 Å². The van der Waals surface area contributed by atoms with Gasteiger partial charge in [0.2, 0.25) is 0 Å². The Kier molecular flexibility index (Phi) is 4.39. The van der Waals surface area contributed by atoms with Gasteiger partial charge in [0.05, 0.1) is 19.2 Å². The molecular weight excluding hydrogens is 190 g/mol. The Morgan fingerprint density at radius 2 is 2.20 bits per heavy atom. The summed E-state index contributed by atoms with van der Waals surface area (Å²) in [6, 6.07) is 0.410. The number of guanidine groups is 1. The molecule has 0 aliphatic carbocycles. The van der Waals surface area contributed by atoms with Crippen LogP contribution in [0.4, 0.5) is 0 Å². The molecular formula is C11H23N3O. The molecule has 2 atom stereocenters. The second kappa shape index (κ2) is 5.35. The molecule has 4 heteroatoms. The summed E-state index contributed by atoms with van der Waals surface area (Å²) in [5, 5.41) is 0. The van der Waals surface area contributed by atoms with Crippen LogP contribution in [-0.2, 0) is 4.74 Å². The van der Waals surface area contributed by atoms with Gasteiger partial charge in [-0.3, -0.25) is 4.99 Å². The summed E-state index contributed by atoms with van der Waals surface area (Å²) in [5.74, 6) is 1.77. The van der Waals surface area contributed by atoms with E-state index in [2.05, 4.69) is 30.7 Å². The van der Waals surface area contributed by atoms with Crippen molar-refractivity contribution in [2.45, 2.75) is 26.8 Å². The number of hydrogen-bond donors (Lipinski definition) is 1. The molecule has 0 saturated heterocycles. The first-order chi connectivity index (χ1) is 7.06. The van der Waals surface area contributed by atoms with E-state index in [0.29, 0.717) is 23.8 Å². The molecule has 0 spiro atoms. The van der Waals surface area contributed by atoms with Gasteiger partial charge in [0.25, 0.3) is 0 Å². The molecule has 2 N–H and O–H groups in total. The highest BCUT2D eigenvalue weighted by molar-refractivity contribution is 5.80. The number of nitrogens with two attached hydrogens (primary N) is 1. The van der Waals surface area contributed by atoms with Crippen molar-refractivity contribution >= 4 is 5.96 Å². The van der Waals surface area contributed by atoms with Crippen LogP contribution in [0.15, 0.2) is 4.99 Å². The van der Waals surface area contributed by atoms with Crippen LogP contribution in [0, 0.1) is 11.8 Å². The third kappa shape index (κ3) is 3.09. The van der Waals surface area contributed by atoms with Crippen LogP contribution in [-0.4, -0.2) is 43.7 Å². The molecule has 1 aliphatic heterocycles. The Morgan fingerprint density at radius 1 is 1.53 bits per heavy atom. The van der Waals surface area contributed by atoms with Gasteiger partial charge in [-0.2, -0.15) is 0 Å². The lowest BCUT2D eigenvalue weighted by atomic mass is 10.0. The summed E-state index contributed by atoms with van der Waals surface area (Å²) >= 11 is 0. The molecule has 0 aromatic heterocycles. The topological polar surface area (TPSA) is 50.9 Å². The fourth-order valence-electron chi connectivity index (χ4n) is 2.03. The van der Waals surface area contributed by atoms with E-state index in [9.17, 15) is 0 Å². The van der Waals surface area contributed by atoms with Gasteiger partial charge in [-0.1, -0.05) is 20.8 Å². The number of rotatable bonds is 5. The molecule has 0 saturated carbocycles. The molecule has 88 valence electrons. The van der Waals surface area contributed by atoms with E-state index in [1.54, 1.807) is 7.11 Å². The molecule has 0 aromatic rings. The zero-order valence-corrected chi connectivity index (χ0v) is 10.2. The van der Waals surface area contributed by atoms with Crippen molar-refractivity contribution in [2.75, 3.05) is 26.8 Å². The minimum atomic E-state index is 0.410. The summed E-state index contributed by atoms with van der Waals surface area (Å²) in [7, 11) is 1.74. The van der Waals surface area contributed by atoms with E-state index in [1.807, 2.05) is 0 Å². The normalized spacial score (nSPS) is 23.4. The van der Waals surface area contributed by atoms with E-state index in [1.165, 1.54) is 0 Å². The van der Waals surface area contributed by atoms with Crippen LogP contribution in [0.5, 0.6) is 0 Å². The average Bonchev–Trinajstić information content (AvgIpc) is 2.48. The summed E-state index contributed by atoms with van der Waals surface area (Å²) in [4.78, 5) is 6.54. The van der Waals surface area contributed by atoms with Gasteiger partial charge >= 0.3 is 0 Å². The van der Waals surface area contributed by atoms with E-state index < -0.39 is 0 Å². The molecule has 0 aromatic carbocycles. The van der Waals surface area contributed by atoms with Crippen LogP contribution in [0.1, 0.15) is 20.8 Å². The Bertz CT molecular complexity index is 228. The minimum absolute atomic E-state index is 0.410. The molecule has 0 amide bonds. The first-order valence-corrected chi connectivity index (χ1v) is 5.61. The summed E-state index contributed by atoms with van der Waals surface area (Å²) in [6.07, 6.45) is 0. The van der Waals surface area contributed by atoms with E-state index >= 15 is 0 Å². The number of ether oxygens (including phenoxy) is 1. The second-order valence-corrected chi connectivity index (χ2v) is 4.75. The Balaban J connectivity index is 2.58. The van der Waals surface area contributed by atoms with Crippen molar-refractivity contribution in [1.82, 2.24) is 4.90 Å². The molecule has 1 aliphatic rings. The number of aliphatic imine (C=N–C) groups is 1.